The van der Waals surface area contributed by atoms with Crippen molar-refractivity contribution in [3.63, 3.8) is 0 Å². The number of rotatable bonds is 2. The average molecular weight is 382 g/mol. The summed E-state index contributed by atoms with van der Waals surface area (Å²) in [6.07, 6.45) is 7.16. The van der Waals surface area contributed by atoms with Crippen LogP contribution in [0.5, 0.6) is 0 Å². The lowest BCUT2D eigenvalue weighted by molar-refractivity contribution is -0.130. The van der Waals surface area contributed by atoms with Crippen molar-refractivity contribution >= 4 is 11.9 Å². The molecule has 0 amide bonds. The fourth-order valence-corrected chi connectivity index (χ4v) is 4.67. The predicted molar refractivity (Wildman–Crippen MR) is 109 cm³/mol. The number of Topliss-reactive ketones (excluding diaryl/α,β-unsaturated/α-hetero) is 1. The third-order valence-electron chi connectivity index (χ3n) is 6.00. The Morgan fingerprint density at radius 1 is 1.14 bits per heavy atom. The Labute approximate surface area is 170 Å². The van der Waals surface area contributed by atoms with Crippen LogP contribution in [0.25, 0.3) is 6.08 Å². The van der Waals surface area contributed by atoms with E-state index in [1.54, 1.807) is 18.5 Å². The van der Waals surface area contributed by atoms with Gasteiger partial charge in [0.2, 0.25) is 0 Å². The number of hydrogen-bond acceptors (Lipinski definition) is 5. The lowest BCUT2D eigenvalue weighted by Crippen LogP contribution is -2.43. The first kappa shape index (κ1) is 18.9. The van der Waals surface area contributed by atoms with E-state index < -0.39 is 28.8 Å². The predicted octanol–water partition coefficient (Wildman–Crippen LogP) is 4.22. The van der Waals surface area contributed by atoms with Crippen LogP contribution in [0, 0.1) is 33.5 Å². The van der Waals surface area contributed by atoms with Gasteiger partial charge in [-0.1, -0.05) is 51.1 Å². The molecule has 1 saturated heterocycles. The van der Waals surface area contributed by atoms with Gasteiger partial charge in [-0.15, -0.1) is 0 Å². The Morgan fingerprint density at radius 2 is 1.86 bits per heavy atom. The minimum Gasteiger partial charge on any atom is -0.357 e. The van der Waals surface area contributed by atoms with E-state index in [0.29, 0.717) is 0 Å². The second-order valence-corrected chi connectivity index (χ2v) is 8.71. The number of ketones is 1. The first-order valence-corrected chi connectivity index (χ1v) is 9.66. The van der Waals surface area contributed by atoms with Crippen molar-refractivity contribution in [2.75, 3.05) is 0 Å². The van der Waals surface area contributed by atoms with Gasteiger partial charge in [0.1, 0.15) is 0 Å². The zero-order valence-corrected chi connectivity index (χ0v) is 16.7. The molecule has 5 heteroatoms. The van der Waals surface area contributed by atoms with Crippen molar-refractivity contribution in [3.05, 3.63) is 71.7 Å². The van der Waals surface area contributed by atoms with Gasteiger partial charge in [-0.2, -0.15) is 10.5 Å². The van der Waals surface area contributed by atoms with Crippen LogP contribution in [-0.4, -0.2) is 21.7 Å². The highest BCUT2D eigenvalue weighted by molar-refractivity contribution is 5.91. The summed E-state index contributed by atoms with van der Waals surface area (Å²) in [5, 5.41) is 20.7. The second-order valence-electron chi connectivity index (χ2n) is 8.71. The Bertz CT molecular complexity index is 1050. The molecule has 3 heterocycles. The molecule has 3 atom stereocenters. The molecule has 144 valence electrons. The van der Waals surface area contributed by atoms with E-state index in [4.69, 9.17) is 0 Å². The molecule has 0 bridgehead atoms. The molecule has 0 unspecified atom stereocenters. The zero-order valence-electron chi connectivity index (χ0n) is 16.7. The summed E-state index contributed by atoms with van der Waals surface area (Å²) in [4.78, 5) is 19.8. The molecule has 1 aromatic heterocycles. The van der Waals surface area contributed by atoms with E-state index >= 15 is 0 Å². The van der Waals surface area contributed by atoms with Crippen LogP contribution < -0.4 is 0 Å². The first-order chi connectivity index (χ1) is 13.8. The molecule has 4 rings (SSSR count). The number of carbonyl (C=O) groups is 1. The molecule has 1 fully saturated rings. The molecule has 2 aromatic rings. The van der Waals surface area contributed by atoms with Crippen molar-refractivity contribution in [1.29, 1.82) is 10.5 Å². The summed E-state index contributed by atoms with van der Waals surface area (Å²) < 4.78 is 0. The van der Waals surface area contributed by atoms with Crippen molar-refractivity contribution in [1.82, 2.24) is 9.88 Å². The number of fused-ring (bicyclic) bond motifs is 3. The standard InChI is InChI=1S/C24H22N4O/c1-23(2,3)22(29)20-19(17-8-6-11-27-13-17)24(14-25,15-26)21-18-9-5-4-7-16(18)10-12-28(20)21/h4-13,19-21H,1-3H3/t19-,20+,21-/m0/s1. The normalized spacial score (nSPS) is 24.2. The van der Waals surface area contributed by atoms with Crippen LogP contribution in [-0.2, 0) is 4.79 Å². The Kier molecular flexibility index (Phi) is 4.28. The number of carbonyl (C=O) groups excluding carboxylic acids is 1. The highest BCUT2D eigenvalue weighted by atomic mass is 16.1. The monoisotopic (exact) mass is 382 g/mol. The summed E-state index contributed by atoms with van der Waals surface area (Å²) in [7, 11) is 0. The number of nitriles is 2. The fourth-order valence-electron chi connectivity index (χ4n) is 4.67. The second kappa shape index (κ2) is 6.57. The van der Waals surface area contributed by atoms with Gasteiger partial charge in [0.15, 0.2) is 11.2 Å². The Hall–Kier alpha value is -3.44. The van der Waals surface area contributed by atoms with Crippen LogP contribution >= 0.6 is 0 Å². The van der Waals surface area contributed by atoms with Crippen LogP contribution in [0.4, 0.5) is 0 Å². The maximum atomic E-state index is 13.6. The van der Waals surface area contributed by atoms with Gasteiger partial charge in [0.05, 0.1) is 24.2 Å². The maximum Gasteiger partial charge on any atom is 0.177 e. The molecular formula is C24H22N4O. The smallest absolute Gasteiger partial charge is 0.177 e. The molecule has 0 aliphatic carbocycles. The number of hydrogen-bond donors (Lipinski definition) is 0. The Balaban J connectivity index is 2.02. The highest BCUT2D eigenvalue weighted by Crippen LogP contribution is 2.60. The van der Waals surface area contributed by atoms with Gasteiger partial charge in [0, 0.05) is 29.9 Å². The van der Waals surface area contributed by atoms with Crippen molar-refractivity contribution < 1.29 is 4.79 Å². The minimum absolute atomic E-state index is 0.00718. The molecule has 0 saturated carbocycles. The van der Waals surface area contributed by atoms with Gasteiger partial charge in [-0.25, -0.2) is 0 Å². The van der Waals surface area contributed by atoms with Crippen molar-refractivity contribution in [2.45, 2.75) is 38.8 Å². The molecule has 0 radical (unpaired) electrons. The number of aromatic nitrogens is 1. The number of benzene rings is 1. The topological polar surface area (TPSA) is 80.8 Å². The van der Waals surface area contributed by atoms with Gasteiger partial charge >= 0.3 is 0 Å². The molecule has 2 aliphatic heterocycles. The zero-order chi connectivity index (χ0) is 20.8. The van der Waals surface area contributed by atoms with E-state index in [0.717, 1.165) is 16.7 Å². The van der Waals surface area contributed by atoms with Gasteiger partial charge in [0.25, 0.3) is 0 Å². The third kappa shape index (κ3) is 2.66. The fraction of sp³-hybridized carbons (Fsp3) is 0.333. The summed E-state index contributed by atoms with van der Waals surface area (Å²) in [5.74, 6) is -0.605. The third-order valence-corrected chi connectivity index (χ3v) is 6.00. The van der Waals surface area contributed by atoms with Crippen LogP contribution in [0.1, 0.15) is 49.4 Å². The quantitative estimate of drug-likeness (QED) is 0.777. The van der Waals surface area contributed by atoms with Gasteiger partial charge in [-0.05, 0) is 28.8 Å². The van der Waals surface area contributed by atoms with Gasteiger partial charge in [-0.3, -0.25) is 9.78 Å². The van der Waals surface area contributed by atoms with E-state index in [1.807, 2.05) is 68.3 Å². The van der Waals surface area contributed by atoms with E-state index in [9.17, 15) is 15.3 Å². The van der Waals surface area contributed by atoms with Crippen LogP contribution in [0.15, 0.2) is 55.0 Å². The lowest BCUT2D eigenvalue weighted by atomic mass is 9.66. The summed E-state index contributed by atoms with van der Waals surface area (Å²) in [5.41, 5.74) is 0.559. The highest BCUT2D eigenvalue weighted by Gasteiger charge is 2.64. The van der Waals surface area contributed by atoms with Crippen LogP contribution in [0.3, 0.4) is 0 Å². The van der Waals surface area contributed by atoms with E-state index in [1.165, 1.54) is 0 Å². The van der Waals surface area contributed by atoms with E-state index in [-0.39, 0.29) is 5.78 Å². The van der Waals surface area contributed by atoms with Crippen molar-refractivity contribution in [2.24, 2.45) is 10.8 Å². The number of nitrogens with zero attached hydrogens (tertiary/aromatic N) is 4. The maximum absolute atomic E-state index is 13.6. The van der Waals surface area contributed by atoms with Crippen molar-refractivity contribution in [3.8, 4) is 12.1 Å². The average Bonchev–Trinajstić information content (AvgIpc) is 3.04. The molecule has 0 N–H and O–H groups in total. The minimum atomic E-state index is -1.42. The summed E-state index contributed by atoms with van der Waals surface area (Å²) >= 11 is 0. The van der Waals surface area contributed by atoms with Crippen LogP contribution in [0.2, 0.25) is 0 Å². The lowest BCUT2D eigenvalue weighted by Gasteiger charge is -2.36. The molecular weight excluding hydrogens is 360 g/mol. The first-order valence-electron chi connectivity index (χ1n) is 9.66. The SMILES string of the molecule is CC(C)(C)C(=O)[C@H]1[C@H](c2cccnc2)C(C#N)(C#N)[C@@H]2c3ccccc3C=CN21. The molecule has 0 spiro atoms. The Morgan fingerprint density at radius 3 is 2.48 bits per heavy atom. The van der Waals surface area contributed by atoms with E-state index in [2.05, 4.69) is 17.1 Å². The summed E-state index contributed by atoms with van der Waals surface area (Å²) in [6.45, 7) is 5.64. The largest absolute Gasteiger partial charge is 0.357 e. The van der Waals surface area contributed by atoms with Gasteiger partial charge < -0.3 is 4.90 Å². The molecule has 29 heavy (non-hydrogen) atoms. The number of pyridine rings is 1. The molecule has 2 aliphatic rings. The molecule has 5 nitrogen and oxygen atoms in total. The molecule has 1 aromatic carbocycles. The summed E-state index contributed by atoms with van der Waals surface area (Å²) in [6, 6.07) is 14.9.